The number of sulfone groups is 1. The van der Waals surface area contributed by atoms with E-state index in [-0.39, 0.29) is 23.0 Å². The Kier molecular flexibility index (Phi) is 6.54. The van der Waals surface area contributed by atoms with Crippen molar-refractivity contribution in [2.24, 2.45) is 14.1 Å². The number of rotatable bonds is 7. The van der Waals surface area contributed by atoms with E-state index in [1.165, 1.54) is 41.8 Å². The summed E-state index contributed by atoms with van der Waals surface area (Å²) in [4.78, 5) is 38.3. The predicted molar refractivity (Wildman–Crippen MR) is 122 cm³/mol. The maximum atomic E-state index is 12.9. The Labute approximate surface area is 185 Å². The zero-order chi connectivity index (χ0) is 23.6. The molecule has 32 heavy (non-hydrogen) atoms. The Balaban J connectivity index is 1.85. The zero-order valence-electron chi connectivity index (χ0n) is 18.4. The monoisotopic (exact) mass is 459 g/mol. The van der Waals surface area contributed by atoms with Gasteiger partial charge in [0.2, 0.25) is 5.91 Å². The molecule has 9 nitrogen and oxygen atoms in total. The second-order valence-electron chi connectivity index (χ2n) is 7.28. The summed E-state index contributed by atoms with van der Waals surface area (Å²) in [6.07, 6.45) is -0.202. The summed E-state index contributed by atoms with van der Waals surface area (Å²) in [5.41, 5.74) is -0.0405. The third-order valence-corrected chi connectivity index (χ3v) is 7.12. The van der Waals surface area contributed by atoms with E-state index in [1.54, 1.807) is 31.4 Å². The van der Waals surface area contributed by atoms with E-state index in [1.807, 2.05) is 6.92 Å². The van der Waals surface area contributed by atoms with Gasteiger partial charge in [0.25, 0.3) is 0 Å². The molecule has 0 aliphatic heterocycles. The Bertz CT molecular complexity index is 1390. The number of fused-ring (bicyclic) bond motifs is 1. The highest BCUT2D eigenvalue weighted by molar-refractivity contribution is 7.91. The SMILES string of the molecule is CCN(C(=O)CCS(=O)(=O)c1ccc2c(c1)n(C)c(=O)c(=O)n2C)c1ccc(OC)cc1. The number of carbonyl (C=O) groups is 1. The van der Waals surface area contributed by atoms with Crippen LogP contribution in [0.2, 0.25) is 0 Å². The quantitative estimate of drug-likeness (QED) is 0.495. The molecule has 1 aromatic heterocycles. The molecule has 0 N–H and O–H groups in total. The van der Waals surface area contributed by atoms with Crippen molar-refractivity contribution in [2.45, 2.75) is 18.2 Å². The standard InChI is InChI=1S/C22H25N3O6S/c1-5-25(15-6-8-16(31-4)9-7-15)20(26)12-13-32(29,30)17-10-11-18-19(14-17)24(3)22(28)21(27)23(18)2/h6-11,14H,5,12-13H2,1-4H3. The predicted octanol–water partition coefficient (Wildman–Crippen LogP) is 1.46. The van der Waals surface area contributed by atoms with Crippen molar-refractivity contribution in [2.75, 3.05) is 24.3 Å². The van der Waals surface area contributed by atoms with E-state index in [4.69, 9.17) is 4.74 Å². The number of anilines is 1. The summed E-state index contributed by atoms with van der Waals surface area (Å²) in [5.74, 6) is -0.0520. The average molecular weight is 460 g/mol. The van der Waals surface area contributed by atoms with Crippen molar-refractivity contribution in [3.05, 3.63) is 63.2 Å². The van der Waals surface area contributed by atoms with Gasteiger partial charge in [-0.3, -0.25) is 14.4 Å². The first-order chi connectivity index (χ1) is 15.1. The van der Waals surface area contributed by atoms with E-state index in [2.05, 4.69) is 0 Å². The number of hydrogen-bond donors (Lipinski definition) is 0. The Morgan fingerprint density at radius 2 is 1.56 bits per heavy atom. The minimum absolute atomic E-state index is 0.0149. The number of ether oxygens (including phenoxy) is 1. The van der Waals surface area contributed by atoms with Gasteiger partial charge in [-0.05, 0) is 49.4 Å². The van der Waals surface area contributed by atoms with Gasteiger partial charge in [0, 0.05) is 32.7 Å². The minimum atomic E-state index is -3.80. The summed E-state index contributed by atoms with van der Waals surface area (Å²) in [6, 6.07) is 11.2. The van der Waals surface area contributed by atoms with Crippen LogP contribution in [0.4, 0.5) is 5.69 Å². The van der Waals surface area contributed by atoms with Gasteiger partial charge in [-0.1, -0.05) is 0 Å². The van der Waals surface area contributed by atoms with E-state index in [0.29, 0.717) is 29.0 Å². The lowest BCUT2D eigenvalue weighted by molar-refractivity contribution is -0.118. The summed E-state index contributed by atoms with van der Waals surface area (Å²) >= 11 is 0. The van der Waals surface area contributed by atoms with Gasteiger partial charge < -0.3 is 18.8 Å². The highest BCUT2D eigenvalue weighted by Gasteiger charge is 2.21. The van der Waals surface area contributed by atoms with Crippen molar-refractivity contribution >= 4 is 32.5 Å². The Morgan fingerprint density at radius 1 is 0.969 bits per heavy atom. The van der Waals surface area contributed by atoms with Crippen LogP contribution in [-0.2, 0) is 28.7 Å². The first-order valence-electron chi connectivity index (χ1n) is 9.97. The molecule has 2 aromatic carbocycles. The fourth-order valence-corrected chi connectivity index (χ4v) is 4.74. The van der Waals surface area contributed by atoms with Gasteiger partial charge in [-0.2, -0.15) is 0 Å². The molecule has 0 saturated heterocycles. The lowest BCUT2D eigenvalue weighted by Crippen LogP contribution is -2.39. The molecule has 1 heterocycles. The number of methoxy groups -OCH3 is 1. The molecule has 3 aromatic rings. The van der Waals surface area contributed by atoms with Crippen LogP contribution in [0.25, 0.3) is 11.0 Å². The molecular weight excluding hydrogens is 434 g/mol. The lowest BCUT2D eigenvalue weighted by Gasteiger charge is -2.21. The van der Waals surface area contributed by atoms with Crippen LogP contribution in [-0.4, -0.2) is 42.9 Å². The molecule has 0 atom stereocenters. The van der Waals surface area contributed by atoms with Gasteiger partial charge in [0.1, 0.15) is 5.75 Å². The second kappa shape index (κ2) is 8.99. The molecule has 170 valence electrons. The smallest absolute Gasteiger partial charge is 0.316 e. The Hall–Kier alpha value is -3.40. The average Bonchev–Trinajstić information content (AvgIpc) is 2.80. The largest absolute Gasteiger partial charge is 0.497 e. The topological polar surface area (TPSA) is 108 Å². The van der Waals surface area contributed by atoms with Gasteiger partial charge in [-0.25, -0.2) is 8.42 Å². The molecule has 3 rings (SSSR count). The van der Waals surface area contributed by atoms with E-state index in [0.717, 1.165) is 4.57 Å². The first-order valence-corrected chi connectivity index (χ1v) is 11.6. The zero-order valence-corrected chi connectivity index (χ0v) is 19.2. The number of nitrogens with zero attached hydrogens (tertiary/aromatic N) is 3. The van der Waals surface area contributed by atoms with Gasteiger partial charge in [0.15, 0.2) is 9.84 Å². The molecule has 0 saturated carbocycles. The third-order valence-electron chi connectivity index (χ3n) is 5.41. The molecule has 0 radical (unpaired) electrons. The Morgan fingerprint density at radius 3 is 2.12 bits per heavy atom. The molecule has 0 bridgehead atoms. The normalized spacial score (nSPS) is 11.5. The summed E-state index contributed by atoms with van der Waals surface area (Å²) in [7, 11) is 0.617. The molecule has 0 fully saturated rings. The van der Waals surface area contributed by atoms with Crippen LogP contribution in [0.15, 0.2) is 56.9 Å². The van der Waals surface area contributed by atoms with Crippen LogP contribution in [0.1, 0.15) is 13.3 Å². The highest BCUT2D eigenvalue weighted by Crippen LogP contribution is 2.22. The van der Waals surface area contributed by atoms with Crippen LogP contribution in [0.3, 0.4) is 0 Å². The van der Waals surface area contributed by atoms with Crippen molar-refractivity contribution in [1.29, 1.82) is 0 Å². The molecule has 1 amide bonds. The second-order valence-corrected chi connectivity index (χ2v) is 9.39. The number of aromatic nitrogens is 2. The van der Waals surface area contributed by atoms with E-state index in [9.17, 15) is 22.8 Å². The van der Waals surface area contributed by atoms with E-state index >= 15 is 0 Å². The van der Waals surface area contributed by atoms with Crippen molar-refractivity contribution < 1.29 is 17.9 Å². The van der Waals surface area contributed by atoms with Crippen molar-refractivity contribution in [3.8, 4) is 5.75 Å². The molecular formula is C22H25N3O6S. The minimum Gasteiger partial charge on any atom is -0.497 e. The van der Waals surface area contributed by atoms with Crippen molar-refractivity contribution in [3.63, 3.8) is 0 Å². The summed E-state index contributed by atoms with van der Waals surface area (Å²) in [5, 5.41) is 0. The van der Waals surface area contributed by atoms with E-state index < -0.39 is 21.0 Å². The maximum Gasteiger partial charge on any atom is 0.316 e. The van der Waals surface area contributed by atoms with Crippen molar-refractivity contribution in [1.82, 2.24) is 9.13 Å². The van der Waals surface area contributed by atoms with Gasteiger partial charge in [-0.15, -0.1) is 0 Å². The summed E-state index contributed by atoms with van der Waals surface area (Å²) < 4.78 is 33.3. The number of aryl methyl sites for hydroxylation is 2. The van der Waals surface area contributed by atoms with Gasteiger partial charge in [0.05, 0.1) is 28.8 Å². The maximum absolute atomic E-state index is 12.9. The summed E-state index contributed by atoms with van der Waals surface area (Å²) in [6.45, 7) is 2.20. The number of hydrogen-bond acceptors (Lipinski definition) is 6. The fourth-order valence-electron chi connectivity index (χ4n) is 3.49. The molecule has 0 spiro atoms. The van der Waals surface area contributed by atoms with Gasteiger partial charge >= 0.3 is 11.1 Å². The molecule has 10 heteroatoms. The molecule has 0 aliphatic rings. The lowest BCUT2D eigenvalue weighted by atomic mass is 10.2. The molecule has 0 unspecified atom stereocenters. The highest BCUT2D eigenvalue weighted by atomic mass is 32.2. The number of benzene rings is 2. The molecule has 0 aliphatic carbocycles. The van der Waals surface area contributed by atoms with Crippen LogP contribution in [0, 0.1) is 0 Å². The first kappa shape index (κ1) is 23.3. The number of amides is 1. The fraction of sp³-hybridized carbons (Fsp3) is 0.318. The third kappa shape index (κ3) is 4.31. The van der Waals surface area contributed by atoms with Crippen LogP contribution in [0.5, 0.6) is 5.75 Å². The van der Waals surface area contributed by atoms with Crippen LogP contribution >= 0.6 is 0 Å². The number of carbonyl (C=O) groups excluding carboxylic acids is 1. The van der Waals surface area contributed by atoms with Crippen LogP contribution < -0.4 is 20.8 Å².